The average molecular weight is 177 g/mol. The van der Waals surface area contributed by atoms with Crippen LogP contribution in [0.2, 0.25) is 0 Å². The Hall–Kier alpha value is -1.64. The van der Waals surface area contributed by atoms with E-state index in [-0.39, 0.29) is 0 Å². The summed E-state index contributed by atoms with van der Waals surface area (Å²) in [5.41, 5.74) is 3.10. The molecule has 3 nitrogen and oxygen atoms in total. The molecule has 1 rings (SSSR count). The lowest BCUT2D eigenvalue weighted by atomic mass is 10.1. The Morgan fingerprint density at radius 3 is 2.23 bits per heavy atom. The van der Waals surface area contributed by atoms with Crippen molar-refractivity contribution in [1.82, 2.24) is 0 Å². The van der Waals surface area contributed by atoms with Crippen molar-refractivity contribution in [3.05, 3.63) is 51.2 Å². The van der Waals surface area contributed by atoms with Gasteiger partial charge in [0.15, 0.2) is 0 Å². The van der Waals surface area contributed by atoms with Gasteiger partial charge in [-0.1, -0.05) is 29.3 Å². The first kappa shape index (κ1) is 9.45. The second-order valence-electron chi connectivity index (χ2n) is 3.02. The molecule has 0 radical (unpaired) electrons. The lowest BCUT2D eigenvalue weighted by molar-refractivity contribution is -0.400. The normalized spacial score (nSPS) is 10.6. The maximum absolute atomic E-state index is 10.1. The van der Waals surface area contributed by atoms with Gasteiger partial charge in [-0.05, 0) is 19.4 Å². The molecule has 0 unspecified atom stereocenters. The predicted octanol–water partition coefficient (Wildman–Crippen LogP) is 2.55. The maximum Gasteiger partial charge on any atom is 0.235 e. The molecule has 0 aliphatic heterocycles. The molecule has 0 atom stereocenters. The first-order chi connectivity index (χ1) is 6.08. The van der Waals surface area contributed by atoms with Crippen molar-refractivity contribution in [3.8, 4) is 0 Å². The third-order valence-corrected chi connectivity index (χ3v) is 1.63. The van der Waals surface area contributed by atoms with Gasteiger partial charge in [-0.25, -0.2) is 0 Å². The standard InChI is InChI=1S/C10H11NO2/c1-8-5-9(2)7-10(6-8)3-4-11(12)13/h3-7H,1-2H3. The van der Waals surface area contributed by atoms with Crippen molar-refractivity contribution in [2.24, 2.45) is 0 Å². The van der Waals surface area contributed by atoms with Crippen LogP contribution < -0.4 is 0 Å². The maximum atomic E-state index is 10.1. The highest BCUT2D eigenvalue weighted by molar-refractivity contribution is 5.50. The molecule has 0 amide bonds. The van der Waals surface area contributed by atoms with Crippen LogP contribution in [0.15, 0.2) is 24.4 Å². The quantitative estimate of drug-likeness (QED) is 0.514. The van der Waals surface area contributed by atoms with Gasteiger partial charge < -0.3 is 0 Å². The number of aryl methyl sites for hydroxylation is 2. The molecule has 0 aromatic heterocycles. The Morgan fingerprint density at radius 1 is 1.23 bits per heavy atom. The fraction of sp³-hybridized carbons (Fsp3) is 0.200. The molecule has 0 fully saturated rings. The van der Waals surface area contributed by atoms with Crippen molar-refractivity contribution in [3.63, 3.8) is 0 Å². The summed E-state index contributed by atoms with van der Waals surface area (Å²) in [5, 5.41) is 10.1. The summed E-state index contributed by atoms with van der Waals surface area (Å²) in [4.78, 5) is 9.60. The zero-order valence-corrected chi connectivity index (χ0v) is 7.65. The Labute approximate surface area is 76.9 Å². The van der Waals surface area contributed by atoms with Crippen LogP contribution in [0.3, 0.4) is 0 Å². The monoisotopic (exact) mass is 177 g/mol. The molecule has 0 saturated carbocycles. The summed E-state index contributed by atoms with van der Waals surface area (Å²) >= 11 is 0. The second-order valence-corrected chi connectivity index (χ2v) is 3.02. The van der Waals surface area contributed by atoms with Crippen LogP contribution in [-0.2, 0) is 0 Å². The second kappa shape index (κ2) is 3.85. The van der Waals surface area contributed by atoms with Crippen LogP contribution in [0.1, 0.15) is 16.7 Å². The highest BCUT2D eigenvalue weighted by Gasteiger charge is 1.93. The molecule has 0 heterocycles. The lowest BCUT2D eigenvalue weighted by Crippen LogP contribution is -1.84. The van der Waals surface area contributed by atoms with Crippen LogP contribution in [0.5, 0.6) is 0 Å². The van der Waals surface area contributed by atoms with Crippen LogP contribution >= 0.6 is 0 Å². The van der Waals surface area contributed by atoms with Crippen molar-refractivity contribution < 1.29 is 4.92 Å². The number of hydrogen-bond donors (Lipinski definition) is 0. The molecule has 1 aromatic rings. The van der Waals surface area contributed by atoms with Crippen LogP contribution in [0, 0.1) is 24.0 Å². The fourth-order valence-electron chi connectivity index (χ4n) is 1.25. The van der Waals surface area contributed by atoms with E-state index in [9.17, 15) is 10.1 Å². The average Bonchev–Trinajstić information content (AvgIpc) is 1.99. The van der Waals surface area contributed by atoms with E-state index < -0.39 is 4.92 Å². The first-order valence-electron chi connectivity index (χ1n) is 3.98. The minimum atomic E-state index is -0.461. The predicted molar refractivity (Wildman–Crippen MR) is 51.9 cm³/mol. The van der Waals surface area contributed by atoms with Crippen LogP contribution in [0.4, 0.5) is 0 Å². The molecule has 0 aliphatic rings. The van der Waals surface area contributed by atoms with E-state index in [1.54, 1.807) is 0 Å². The smallest absolute Gasteiger partial charge is 0.235 e. The Morgan fingerprint density at radius 2 is 1.77 bits per heavy atom. The molecule has 1 aromatic carbocycles. The lowest BCUT2D eigenvalue weighted by Gasteiger charge is -1.98. The molecule has 0 spiro atoms. The van der Waals surface area contributed by atoms with Crippen LogP contribution in [0.25, 0.3) is 6.08 Å². The molecular weight excluding hydrogens is 166 g/mol. The summed E-state index contributed by atoms with van der Waals surface area (Å²) in [6, 6.07) is 5.85. The number of nitrogens with zero attached hydrogens (tertiary/aromatic N) is 1. The van der Waals surface area contributed by atoms with E-state index in [4.69, 9.17) is 0 Å². The SMILES string of the molecule is Cc1cc(C)cc(C=C[N+](=O)[O-])c1. The largest absolute Gasteiger partial charge is 0.259 e. The third-order valence-electron chi connectivity index (χ3n) is 1.63. The van der Waals surface area contributed by atoms with E-state index >= 15 is 0 Å². The molecule has 0 N–H and O–H groups in total. The van der Waals surface area contributed by atoms with Crippen molar-refractivity contribution in [2.75, 3.05) is 0 Å². The van der Waals surface area contributed by atoms with E-state index in [2.05, 4.69) is 0 Å². The molecular formula is C10H11NO2. The highest BCUT2D eigenvalue weighted by atomic mass is 16.6. The van der Waals surface area contributed by atoms with Gasteiger partial charge in [-0.3, -0.25) is 10.1 Å². The molecule has 0 aliphatic carbocycles. The molecule has 13 heavy (non-hydrogen) atoms. The number of hydrogen-bond acceptors (Lipinski definition) is 2. The summed E-state index contributed by atoms with van der Waals surface area (Å²) < 4.78 is 0. The number of nitro groups is 1. The van der Waals surface area contributed by atoms with Crippen LogP contribution in [-0.4, -0.2) is 4.92 Å². The third kappa shape index (κ3) is 3.07. The van der Waals surface area contributed by atoms with E-state index in [0.717, 1.165) is 22.9 Å². The summed E-state index contributed by atoms with van der Waals surface area (Å²) in [7, 11) is 0. The summed E-state index contributed by atoms with van der Waals surface area (Å²) in [6.45, 7) is 3.94. The van der Waals surface area contributed by atoms with Crippen molar-refractivity contribution in [1.29, 1.82) is 0 Å². The Bertz CT molecular complexity index is 336. The van der Waals surface area contributed by atoms with E-state index in [1.807, 2.05) is 32.0 Å². The van der Waals surface area contributed by atoms with E-state index in [1.165, 1.54) is 6.08 Å². The molecule has 3 heteroatoms. The van der Waals surface area contributed by atoms with Gasteiger partial charge in [0.25, 0.3) is 0 Å². The van der Waals surface area contributed by atoms with Crippen molar-refractivity contribution in [2.45, 2.75) is 13.8 Å². The van der Waals surface area contributed by atoms with Crippen molar-refractivity contribution >= 4 is 6.08 Å². The molecule has 0 saturated heterocycles. The zero-order chi connectivity index (χ0) is 9.84. The summed E-state index contributed by atoms with van der Waals surface area (Å²) in [5.74, 6) is 0. The Balaban J connectivity index is 2.95. The number of rotatable bonds is 2. The summed E-state index contributed by atoms with van der Waals surface area (Å²) in [6.07, 6.45) is 2.45. The van der Waals surface area contributed by atoms with Gasteiger partial charge in [-0.15, -0.1) is 0 Å². The van der Waals surface area contributed by atoms with Gasteiger partial charge >= 0.3 is 0 Å². The van der Waals surface area contributed by atoms with Gasteiger partial charge in [-0.2, -0.15) is 0 Å². The minimum Gasteiger partial charge on any atom is -0.259 e. The van der Waals surface area contributed by atoms with E-state index in [0.29, 0.717) is 0 Å². The molecule has 68 valence electrons. The van der Waals surface area contributed by atoms with Gasteiger partial charge in [0.1, 0.15) is 0 Å². The fourth-order valence-corrected chi connectivity index (χ4v) is 1.25. The highest BCUT2D eigenvalue weighted by Crippen LogP contribution is 2.10. The Kier molecular flexibility index (Phi) is 2.80. The van der Waals surface area contributed by atoms with Gasteiger partial charge in [0.2, 0.25) is 6.20 Å². The topological polar surface area (TPSA) is 43.1 Å². The number of benzene rings is 1. The van der Waals surface area contributed by atoms with Gasteiger partial charge in [0.05, 0.1) is 4.92 Å². The van der Waals surface area contributed by atoms with Gasteiger partial charge in [0, 0.05) is 6.08 Å². The minimum absolute atomic E-state index is 0.461. The first-order valence-corrected chi connectivity index (χ1v) is 3.98. The molecule has 0 bridgehead atoms. The zero-order valence-electron chi connectivity index (χ0n) is 7.65.